The van der Waals surface area contributed by atoms with E-state index in [0.29, 0.717) is 0 Å². The molecule has 0 amide bonds. The lowest BCUT2D eigenvalue weighted by molar-refractivity contribution is 0.0992. The molecule has 0 aliphatic carbocycles. The number of Topliss-reactive ketones (excluding diaryl/α,β-unsaturated/α-hetero) is 1. The Hall–Kier alpha value is -3.68. The molecule has 0 bridgehead atoms. The van der Waals surface area contributed by atoms with Crippen LogP contribution in [-0.4, -0.2) is 30.3 Å². The number of fused-ring (bicyclic) bond motifs is 1. The number of carbonyl (C=O) groups is 1. The largest absolute Gasteiger partial charge is 0.454 e. The molecule has 0 saturated heterocycles. The summed E-state index contributed by atoms with van der Waals surface area (Å²) in [7, 11) is 0. The Morgan fingerprint density at radius 3 is 3.04 bits per heavy atom. The summed E-state index contributed by atoms with van der Waals surface area (Å²) in [6, 6.07) is 2.24. The van der Waals surface area contributed by atoms with Gasteiger partial charge in [0.1, 0.15) is 23.6 Å². The van der Waals surface area contributed by atoms with E-state index in [4.69, 9.17) is 8.85 Å². The maximum atomic E-state index is 13.4. The number of hydrogen-bond donors (Lipinski definition) is 0. The predicted molar refractivity (Wildman–Crippen MR) is 94.3 cm³/mol. The van der Waals surface area contributed by atoms with E-state index in [1.807, 2.05) is 0 Å². The van der Waals surface area contributed by atoms with E-state index in [9.17, 15) is 9.18 Å². The second-order valence-corrected chi connectivity index (χ2v) is 5.74. The summed E-state index contributed by atoms with van der Waals surface area (Å²) in [5.74, 6) is -0.644. The van der Waals surface area contributed by atoms with Crippen LogP contribution >= 0.6 is 0 Å². The van der Waals surface area contributed by atoms with E-state index in [-0.39, 0.29) is 58.6 Å². The Bertz CT molecular complexity index is 1290. The quantitative estimate of drug-likeness (QED) is 0.505. The lowest BCUT2D eigenvalue weighted by atomic mass is 10.1. The normalized spacial score (nSPS) is 12.4. The molecule has 0 aliphatic heterocycles. The van der Waals surface area contributed by atoms with Gasteiger partial charge in [0, 0.05) is 17.9 Å². The molecule has 0 fully saturated rings. The van der Waals surface area contributed by atoms with Crippen molar-refractivity contribution in [3.8, 4) is 11.5 Å². The number of aromatic nitrogens is 5. The summed E-state index contributed by atoms with van der Waals surface area (Å²) >= 11 is 0. The zero-order valence-electron chi connectivity index (χ0n) is 17.1. The molecule has 4 heterocycles. The second-order valence-electron chi connectivity index (χ2n) is 5.74. The Morgan fingerprint density at radius 2 is 2.19 bits per heavy atom. The van der Waals surface area contributed by atoms with Gasteiger partial charge in [0.2, 0.25) is 0 Å². The van der Waals surface area contributed by atoms with Crippen LogP contribution < -0.4 is 4.74 Å². The van der Waals surface area contributed by atoms with E-state index in [0.717, 1.165) is 12.3 Å². The maximum absolute atomic E-state index is 13.4. The number of carbonyl (C=O) groups excluding carboxylic acids is 1. The average Bonchev–Trinajstić information content (AvgIpc) is 3.18. The number of pyridine rings is 3. The molecule has 8 heteroatoms. The van der Waals surface area contributed by atoms with Gasteiger partial charge in [-0.3, -0.25) is 19.2 Å². The maximum Gasteiger partial charge on any atom is 0.172 e. The Kier molecular flexibility index (Phi) is 3.46. The van der Waals surface area contributed by atoms with Gasteiger partial charge in [-0.05, 0) is 24.6 Å². The smallest absolute Gasteiger partial charge is 0.172 e. The fourth-order valence-electron chi connectivity index (χ4n) is 2.46. The number of rotatable bonds is 5. The van der Waals surface area contributed by atoms with E-state index in [2.05, 4.69) is 20.2 Å². The predicted octanol–water partition coefficient (Wildman–Crippen LogP) is 3.18. The molecule has 0 atom stereocenters. The van der Waals surface area contributed by atoms with Crippen molar-refractivity contribution in [1.82, 2.24) is 24.6 Å². The molecule has 0 N–H and O–H groups in total. The fourth-order valence-corrected chi connectivity index (χ4v) is 2.46. The molecule has 4 aromatic heterocycles. The summed E-state index contributed by atoms with van der Waals surface area (Å²) < 4.78 is 44.2. The summed E-state index contributed by atoms with van der Waals surface area (Å²) in [4.78, 5) is 20.7. The van der Waals surface area contributed by atoms with Crippen LogP contribution in [-0.2, 0) is 6.42 Å². The van der Waals surface area contributed by atoms with Crippen molar-refractivity contribution in [2.24, 2.45) is 0 Å². The van der Waals surface area contributed by atoms with E-state index in [1.54, 1.807) is 0 Å². The molecule has 0 radical (unpaired) electrons. The van der Waals surface area contributed by atoms with Crippen LogP contribution in [0.1, 0.15) is 25.7 Å². The molecular formula is C19H14FN5O2. The van der Waals surface area contributed by atoms with Gasteiger partial charge in [-0.15, -0.1) is 10.2 Å². The molecule has 0 aliphatic rings. The zero-order valence-corrected chi connectivity index (χ0v) is 14.1. The summed E-state index contributed by atoms with van der Waals surface area (Å²) in [5.41, 5.74) is 0.712. The van der Waals surface area contributed by atoms with Crippen molar-refractivity contribution in [2.75, 3.05) is 0 Å². The molecule has 0 unspecified atom stereocenters. The number of hydrogen-bond acceptors (Lipinski definition) is 6. The minimum absolute atomic E-state index is 0.0268. The summed E-state index contributed by atoms with van der Waals surface area (Å²) in [6.45, 7) is 1.53. The van der Waals surface area contributed by atoms with Crippen molar-refractivity contribution in [1.29, 1.82) is 0 Å². The first-order valence-corrected chi connectivity index (χ1v) is 7.91. The molecule has 4 aromatic rings. The van der Waals surface area contributed by atoms with E-state index in [1.165, 1.54) is 36.1 Å². The van der Waals surface area contributed by atoms with Crippen molar-refractivity contribution < 1.29 is 18.0 Å². The Balaban J connectivity index is 1.71. The van der Waals surface area contributed by atoms with Gasteiger partial charge in [-0.2, -0.15) is 0 Å². The summed E-state index contributed by atoms with van der Waals surface area (Å²) in [5, 5.41) is 7.73. The standard InChI is InChI=1S/C19H14FN5O2/c1-12-2-3-14(22-7-12)5-18(26)17-6-16(10-25-11-23-24-19(17)25)27-15-4-13(20)8-21-9-15/h2-4,6-11H,5H2,1H3/i2D,3D,7D. The van der Waals surface area contributed by atoms with Crippen LogP contribution in [0.25, 0.3) is 5.65 Å². The first-order chi connectivity index (χ1) is 14.3. The van der Waals surface area contributed by atoms with Crippen LogP contribution in [0.2, 0.25) is 0 Å². The average molecular weight is 366 g/mol. The number of ketones is 1. The molecule has 0 saturated carbocycles. The van der Waals surface area contributed by atoms with Gasteiger partial charge in [0.25, 0.3) is 0 Å². The molecule has 7 nitrogen and oxygen atoms in total. The van der Waals surface area contributed by atoms with E-state index < -0.39 is 11.6 Å². The van der Waals surface area contributed by atoms with Crippen LogP contribution in [0.15, 0.2) is 55.3 Å². The van der Waals surface area contributed by atoms with Gasteiger partial charge in [0.15, 0.2) is 11.4 Å². The fraction of sp³-hybridized carbons (Fsp3) is 0.105. The van der Waals surface area contributed by atoms with Crippen LogP contribution in [0.3, 0.4) is 0 Å². The highest BCUT2D eigenvalue weighted by Crippen LogP contribution is 2.24. The number of nitrogens with zero attached hydrogens (tertiary/aromatic N) is 5. The van der Waals surface area contributed by atoms with Crippen molar-refractivity contribution in [3.05, 3.63) is 77.9 Å². The SMILES string of the molecule is [2H]c1nc(CC(=O)c2cc(Oc3cncc(F)c3)cn3cnnc23)c([2H])c([2H])c1C. The van der Waals surface area contributed by atoms with Crippen LogP contribution in [0.4, 0.5) is 4.39 Å². The first-order valence-electron chi connectivity index (χ1n) is 9.41. The number of ether oxygens (including phenoxy) is 1. The van der Waals surface area contributed by atoms with Gasteiger partial charge in [-0.1, -0.05) is 6.04 Å². The highest BCUT2D eigenvalue weighted by Gasteiger charge is 2.16. The highest BCUT2D eigenvalue weighted by molar-refractivity contribution is 6.02. The highest BCUT2D eigenvalue weighted by atomic mass is 19.1. The lowest BCUT2D eigenvalue weighted by Crippen LogP contribution is -2.08. The Labute approximate surface area is 157 Å². The lowest BCUT2D eigenvalue weighted by Gasteiger charge is -2.09. The zero-order chi connectivity index (χ0) is 21.4. The second kappa shape index (κ2) is 6.91. The van der Waals surface area contributed by atoms with Gasteiger partial charge in [0.05, 0.1) is 34.7 Å². The molecule has 4 rings (SSSR count). The number of halogens is 1. The third kappa shape index (κ3) is 3.64. The molecule has 27 heavy (non-hydrogen) atoms. The van der Waals surface area contributed by atoms with Crippen molar-refractivity contribution in [3.63, 3.8) is 0 Å². The minimum Gasteiger partial charge on any atom is -0.454 e. The summed E-state index contributed by atoms with van der Waals surface area (Å²) in [6.07, 6.45) is 4.83. The molecule has 0 aromatic carbocycles. The minimum atomic E-state index is -0.569. The Morgan fingerprint density at radius 1 is 1.30 bits per heavy atom. The molecule has 134 valence electrons. The van der Waals surface area contributed by atoms with Gasteiger partial charge in [-0.25, -0.2) is 4.39 Å². The van der Waals surface area contributed by atoms with Crippen LogP contribution in [0.5, 0.6) is 11.5 Å². The van der Waals surface area contributed by atoms with E-state index >= 15 is 0 Å². The topological polar surface area (TPSA) is 82.3 Å². The molecular weight excluding hydrogens is 349 g/mol. The van der Waals surface area contributed by atoms with Crippen LogP contribution in [0, 0.1) is 12.7 Å². The van der Waals surface area contributed by atoms with Gasteiger partial charge < -0.3 is 4.74 Å². The third-order valence-corrected chi connectivity index (χ3v) is 3.66. The van der Waals surface area contributed by atoms with Gasteiger partial charge >= 0.3 is 0 Å². The van der Waals surface area contributed by atoms with Crippen molar-refractivity contribution in [2.45, 2.75) is 13.3 Å². The van der Waals surface area contributed by atoms with Crippen molar-refractivity contribution >= 4 is 11.4 Å². The first kappa shape index (κ1) is 13.5. The monoisotopic (exact) mass is 366 g/mol. The third-order valence-electron chi connectivity index (χ3n) is 3.66. The molecule has 0 spiro atoms.